The van der Waals surface area contributed by atoms with Crippen molar-refractivity contribution in [3.8, 4) is 0 Å². The number of aryl methyl sites for hydroxylation is 1. The van der Waals surface area contributed by atoms with Gasteiger partial charge in [-0.3, -0.25) is 4.79 Å². The Kier molecular flexibility index (Phi) is 15.3. The van der Waals surface area contributed by atoms with E-state index in [-0.39, 0.29) is 43.8 Å². The number of halogens is 3. The number of rotatable bonds is 3. The Bertz CT molecular complexity index is 1110. The third kappa shape index (κ3) is 12.9. The van der Waals surface area contributed by atoms with Crippen LogP contribution in [0.5, 0.6) is 0 Å². The fourth-order valence-electron chi connectivity index (χ4n) is 4.34. The molecule has 0 spiro atoms. The Balaban J connectivity index is 0.000000942. The Labute approximate surface area is 252 Å². The normalized spacial score (nSPS) is 30.4. The van der Waals surface area contributed by atoms with Crippen LogP contribution in [0.4, 0.5) is 13.2 Å². The third-order valence-corrected chi connectivity index (χ3v) is 8.11. The molecule has 236 valence electrons. The molecule has 2 unspecified atom stereocenters. The number of ketones is 1. The maximum atomic E-state index is 13.6. The van der Waals surface area contributed by atoms with Gasteiger partial charge in [0, 0.05) is 29.7 Å². The van der Waals surface area contributed by atoms with Crippen molar-refractivity contribution in [3.63, 3.8) is 0 Å². The number of nitrogens with zero attached hydrogens (tertiary/aromatic N) is 1. The number of aliphatic hydroxyl groups excluding tert-OH is 2. The van der Waals surface area contributed by atoms with E-state index in [0.717, 1.165) is 16.8 Å². The van der Waals surface area contributed by atoms with E-state index < -0.39 is 47.5 Å². The summed E-state index contributed by atoms with van der Waals surface area (Å²) in [6.07, 6.45) is -2.63. The zero-order valence-corrected chi connectivity index (χ0v) is 26.3. The monoisotopic (exact) mass is 613 g/mol. The highest BCUT2D eigenvalue weighted by molar-refractivity contribution is 7.09. The second-order valence-electron chi connectivity index (χ2n) is 11.7. The lowest BCUT2D eigenvalue weighted by molar-refractivity contribution is -0.132. The van der Waals surface area contributed by atoms with E-state index in [1.54, 1.807) is 58.1 Å². The number of Topliss-reactive ketones (excluding diaryl/α,β-unsaturated/α-hetero) is 1. The number of hydrogen-bond acceptors (Lipinski definition) is 7. The lowest BCUT2D eigenvalue weighted by atomic mass is 9.76. The van der Waals surface area contributed by atoms with Crippen LogP contribution in [0, 0.1) is 24.2 Å². The number of carbonyl (C=O) groups is 2. The lowest BCUT2D eigenvalue weighted by Crippen LogP contribution is -2.39. The fraction of sp³-hybridized carbons (Fsp3) is 0.594. The van der Waals surface area contributed by atoms with Gasteiger partial charge in [0.2, 0.25) is 0 Å². The molecule has 0 bridgehead atoms. The molecule has 1 aliphatic rings. The number of ether oxygens (including phenoxy) is 1. The number of alkyl halides is 3. The molecule has 1 aromatic rings. The first kappa shape index (κ1) is 37.6. The van der Waals surface area contributed by atoms with Crippen molar-refractivity contribution in [3.05, 3.63) is 58.6 Å². The summed E-state index contributed by atoms with van der Waals surface area (Å²) in [5.74, 6) is -1.19. The third-order valence-electron chi connectivity index (χ3n) is 7.32. The predicted molar refractivity (Wildman–Crippen MR) is 162 cm³/mol. The molecule has 0 aromatic carbocycles. The van der Waals surface area contributed by atoms with Crippen molar-refractivity contribution < 1.29 is 37.7 Å². The molecular weight excluding hydrogens is 567 g/mol. The fourth-order valence-corrected chi connectivity index (χ4v) is 4.94. The van der Waals surface area contributed by atoms with Crippen LogP contribution >= 0.6 is 11.3 Å². The van der Waals surface area contributed by atoms with Crippen molar-refractivity contribution in [2.75, 3.05) is 0 Å². The molecular formula is C32H46F3NO5S. The molecule has 2 heterocycles. The van der Waals surface area contributed by atoms with Crippen LogP contribution in [0.25, 0.3) is 6.08 Å². The van der Waals surface area contributed by atoms with E-state index >= 15 is 0 Å². The molecule has 0 saturated heterocycles. The first-order chi connectivity index (χ1) is 19.4. The summed E-state index contributed by atoms with van der Waals surface area (Å²) < 4.78 is 46.4. The summed E-state index contributed by atoms with van der Waals surface area (Å²) in [5, 5.41) is 24.4. The summed E-state index contributed by atoms with van der Waals surface area (Å²) in [6, 6.07) is 0. The summed E-state index contributed by atoms with van der Waals surface area (Å²) in [7, 11) is 0. The van der Waals surface area contributed by atoms with E-state index in [9.17, 15) is 33.0 Å². The maximum Gasteiger partial charge on any atom is 0.412 e. The van der Waals surface area contributed by atoms with E-state index in [1.807, 2.05) is 12.3 Å². The second-order valence-corrected chi connectivity index (χ2v) is 12.8. The van der Waals surface area contributed by atoms with Gasteiger partial charge in [0.15, 0.2) is 0 Å². The highest BCUT2D eigenvalue weighted by Gasteiger charge is 2.36. The average Bonchev–Trinajstić information content (AvgIpc) is 3.32. The zero-order valence-electron chi connectivity index (χ0n) is 25.5. The highest BCUT2D eigenvalue weighted by atomic mass is 32.1. The summed E-state index contributed by atoms with van der Waals surface area (Å²) in [6.45, 7) is 17.7. The predicted octanol–water partition coefficient (Wildman–Crippen LogP) is 7.21. The van der Waals surface area contributed by atoms with Crippen LogP contribution in [0.1, 0.15) is 77.4 Å². The second kappa shape index (κ2) is 17.0. The van der Waals surface area contributed by atoms with Gasteiger partial charge in [-0.1, -0.05) is 64.7 Å². The molecule has 6 nitrogen and oxygen atoms in total. The molecule has 2 N–H and O–H groups in total. The molecule has 1 aliphatic heterocycles. The van der Waals surface area contributed by atoms with E-state index in [1.165, 1.54) is 6.08 Å². The van der Waals surface area contributed by atoms with Gasteiger partial charge in [0.25, 0.3) is 0 Å². The Morgan fingerprint density at radius 2 is 1.88 bits per heavy atom. The topological polar surface area (TPSA) is 96.7 Å². The van der Waals surface area contributed by atoms with E-state index in [0.29, 0.717) is 11.9 Å². The molecule has 0 aliphatic carbocycles. The quantitative estimate of drug-likeness (QED) is 0.276. The number of carbonyl (C=O) groups excluding carboxylic acids is 2. The maximum absolute atomic E-state index is 13.6. The van der Waals surface area contributed by atoms with Crippen molar-refractivity contribution >= 4 is 29.5 Å². The molecule has 1 aromatic heterocycles. The van der Waals surface area contributed by atoms with Gasteiger partial charge in [0.1, 0.15) is 18.2 Å². The van der Waals surface area contributed by atoms with Gasteiger partial charge in [-0.15, -0.1) is 11.3 Å². The Morgan fingerprint density at radius 3 is 2.36 bits per heavy atom. The van der Waals surface area contributed by atoms with E-state index in [2.05, 4.69) is 18.1 Å². The molecule has 6 atom stereocenters. The molecule has 42 heavy (non-hydrogen) atoms. The van der Waals surface area contributed by atoms with E-state index in [4.69, 9.17) is 4.74 Å². The van der Waals surface area contributed by atoms with Crippen LogP contribution in [0.3, 0.4) is 0 Å². The number of aldehydes is 1. The average molecular weight is 614 g/mol. The summed E-state index contributed by atoms with van der Waals surface area (Å²) in [5.41, 5.74) is -0.225. The SMILES string of the molecule is C=C(C)C1C/C=C(/C(F)(F)F)C/C=C/[C@H](C)C[C@H](O)[C@@H](C)C(=O)CC(C)(C)[C@@H](O)CC(C=O)O1.C=Cc1csc(C)n1. The van der Waals surface area contributed by atoms with Crippen LogP contribution < -0.4 is 0 Å². The molecule has 0 amide bonds. The number of allylic oxidation sites excluding steroid dienone is 3. The van der Waals surface area contributed by atoms with Crippen molar-refractivity contribution in [1.82, 2.24) is 4.98 Å². The van der Waals surface area contributed by atoms with Crippen molar-refractivity contribution in [1.29, 1.82) is 0 Å². The van der Waals surface area contributed by atoms with Crippen molar-refractivity contribution in [2.24, 2.45) is 17.3 Å². The largest absolute Gasteiger partial charge is 0.412 e. The zero-order chi connectivity index (χ0) is 32.3. The first-order valence-corrected chi connectivity index (χ1v) is 14.9. The van der Waals surface area contributed by atoms with Crippen LogP contribution in [0.2, 0.25) is 0 Å². The van der Waals surface area contributed by atoms with Gasteiger partial charge >= 0.3 is 6.18 Å². The molecule has 0 fully saturated rings. The molecule has 0 saturated carbocycles. The van der Waals surface area contributed by atoms with Gasteiger partial charge in [-0.25, -0.2) is 4.98 Å². The number of thiazole rings is 1. The summed E-state index contributed by atoms with van der Waals surface area (Å²) >= 11 is 1.65. The number of hydrogen-bond donors (Lipinski definition) is 2. The lowest BCUT2D eigenvalue weighted by Gasteiger charge is -2.33. The van der Waals surface area contributed by atoms with Crippen LogP contribution in [0.15, 0.2) is 47.9 Å². The van der Waals surface area contributed by atoms with Gasteiger partial charge in [0.05, 0.1) is 29.0 Å². The Morgan fingerprint density at radius 1 is 1.24 bits per heavy atom. The minimum absolute atomic E-state index is 0.0101. The number of aliphatic hydroxyl groups is 2. The van der Waals surface area contributed by atoms with Gasteiger partial charge in [-0.05, 0) is 50.5 Å². The van der Waals surface area contributed by atoms with Gasteiger partial charge < -0.3 is 19.7 Å². The molecule has 0 radical (unpaired) electrons. The van der Waals surface area contributed by atoms with Crippen LogP contribution in [-0.2, 0) is 14.3 Å². The number of aromatic nitrogens is 1. The summed E-state index contributed by atoms with van der Waals surface area (Å²) in [4.78, 5) is 28.6. The first-order valence-electron chi connectivity index (χ1n) is 14.0. The highest BCUT2D eigenvalue weighted by Crippen LogP contribution is 2.33. The standard InChI is InChI=1S/C26H39F3O5.C6H7NS/c1-16(2)23-11-10-19(26(27,28)29)9-7-8-17(3)12-21(31)18(4)22(32)14-25(5,6)24(33)13-20(15-30)34-23;1-3-6-4-8-5(2)7-6/h7-8,10,15,17-18,20-21,23-24,31,33H,1,9,11-14H2,2-6H3;3-4H,1H2,2H3/b8-7+,19-10+;/t17-,18+,20?,21-,23?,24-;/m0./s1. The Hall–Kier alpha value is -2.40. The molecule has 10 heteroatoms. The van der Waals surface area contributed by atoms with Gasteiger partial charge in [-0.2, -0.15) is 13.2 Å². The molecule has 2 rings (SSSR count). The van der Waals surface area contributed by atoms with Crippen LogP contribution in [-0.4, -0.2) is 57.9 Å². The smallest absolute Gasteiger partial charge is 0.392 e. The minimum atomic E-state index is -4.54. The van der Waals surface area contributed by atoms with Crippen molar-refractivity contribution in [2.45, 2.75) is 104 Å². The minimum Gasteiger partial charge on any atom is -0.392 e.